The molecule has 0 saturated carbocycles. The van der Waals surface area contributed by atoms with Gasteiger partial charge in [0.1, 0.15) is 5.82 Å². The molecule has 2 heterocycles. The molecule has 5 nitrogen and oxygen atoms in total. The van der Waals surface area contributed by atoms with Gasteiger partial charge in [0.15, 0.2) is 12.4 Å². The fraction of sp³-hybridized carbons (Fsp3) is 0.278. The number of aryl methyl sites for hydroxylation is 1. The Morgan fingerprint density at radius 1 is 1.09 bits per heavy atom. The second-order valence-electron chi connectivity index (χ2n) is 5.74. The molecule has 1 aromatic heterocycles. The van der Waals surface area contributed by atoms with Gasteiger partial charge in [-0.3, -0.25) is 0 Å². The van der Waals surface area contributed by atoms with Crippen molar-refractivity contribution in [2.24, 2.45) is 0 Å². The molecule has 116 valence electrons. The molecule has 2 aromatic carbocycles. The summed E-state index contributed by atoms with van der Waals surface area (Å²) in [5.74, 6) is 1.40. The molecule has 0 spiro atoms. The number of hydrogen-bond acceptors (Lipinski definition) is 4. The van der Waals surface area contributed by atoms with E-state index in [1.54, 1.807) is 6.07 Å². The highest BCUT2D eigenvalue weighted by atomic mass is 16.5. The molecule has 0 atom stereocenters. The second kappa shape index (κ2) is 5.83. The van der Waals surface area contributed by atoms with E-state index in [1.165, 1.54) is 0 Å². The van der Waals surface area contributed by atoms with Crippen molar-refractivity contribution in [2.45, 2.75) is 32.4 Å². The van der Waals surface area contributed by atoms with Crippen LogP contribution in [0, 0.1) is 0 Å². The Labute approximate surface area is 133 Å². The maximum absolute atomic E-state index is 12.4. The van der Waals surface area contributed by atoms with Crippen molar-refractivity contribution in [2.75, 3.05) is 0 Å². The van der Waals surface area contributed by atoms with Crippen LogP contribution in [0.4, 0.5) is 0 Å². The van der Waals surface area contributed by atoms with Crippen LogP contribution in [0.25, 0.3) is 10.8 Å². The summed E-state index contributed by atoms with van der Waals surface area (Å²) in [4.78, 5) is 12.4. The molecule has 3 aromatic rings. The lowest BCUT2D eigenvalue weighted by atomic mass is 10.1. The lowest BCUT2D eigenvalue weighted by molar-refractivity contribution is 0.0459. The molecule has 1 aliphatic rings. The standard InChI is InChI=1S/C18H17N3O2/c22-18(15-9-5-7-13-6-1-2-8-14(13)15)23-12-17-20-19-16-10-3-4-11-21(16)17/h1-2,5-9H,3-4,10-12H2. The third-order valence-electron chi connectivity index (χ3n) is 4.28. The van der Waals surface area contributed by atoms with Crippen LogP contribution in [0.3, 0.4) is 0 Å². The van der Waals surface area contributed by atoms with E-state index in [9.17, 15) is 4.79 Å². The monoisotopic (exact) mass is 307 g/mol. The van der Waals surface area contributed by atoms with Crippen LogP contribution in [0.5, 0.6) is 0 Å². The first-order chi connectivity index (χ1) is 11.3. The van der Waals surface area contributed by atoms with Crippen molar-refractivity contribution in [1.82, 2.24) is 14.8 Å². The van der Waals surface area contributed by atoms with Crippen LogP contribution >= 0.6 is 0 Å². The minimum absolute atomic E-state index is 0.162. The predicted molar refractivity (Wildman–Crippen MR) is 86.0 cm³/mol. The highest BCUT2D eigenvalue weighted by Crippen LogP contribution is 2.20. The number of fused-ring (bicyclic) bond motifs is 2. The van der Waals surface area contributed by atoms with E-state index < -0.39 is 0 Å². The zero-order valence-corrected chi connectivity index (χ0v) is 12.7. The summed E-state index contributed by atoms with van der Waals surface area (Å²) in [7, 11) is 0. The number of ether oxygens (including phenoxy) is 1. The van der Waals surface area contributed by atoms with Gasteiger partial charge < -0.3 is 9.30 Å². The molecule has 23 heavy (non-hydrogen) atoms. The number of hydrogen-bond donors (Lipinski definition) is 0. The Morgan fingerprint density at radius 3 is 2.91 bits per heavy atom. The van der Waals surface area contributed by atoms with E-state index in [0.717, 1.165) is 48.2 Å². The third-order valence-corrected chi connectivity index (χ3v) is 4.28. The Morgan fingerprint density at radius 2 is 1.96 bits per heavy atom. The van der Waals surface area contributed by atoms with Crippen LogP contribution in [-0.2, 0) is 24.3 Å². The molecule has 0 fully saturated rings. The van der Waals surface area contributed by atoms with E-state index in [4.69, 9.17) is 4.74 Å². The molecule has 0 saturated heterocycles. The highest BCUT2D eigenvalue weighted by Gasteiger charge is 2.18. The first kappa shape index (κ1) is 13.9. The summed E-state index contributed by atoms with van der Waals surface area (Å²) in [5, 5.41) is 10.3. The van der Waals surface area contributed by atoms with Crippen LogP contribution in [0.15, 0.2) is 42.5 Å². The number of rotatable bonds is 3. The SMILES string of the molecule is O=C(OCc1nnc2n1CCCC2)c1cccc2ccccc12. The van der Waals surface area contributed by atoms with Crippen molar-refractivity contribution in [3.05, 3.63) is 59.7 Å². The Hall–Kier alpha value is -2.69. The lowest BCUT2D eigenvalue weighted by Gasteiger charge is -2.14. The van der Waals surface area contributed by atoms with Gasteiger partial charge in [0.25, 0.3) is 0 Å². The van der Waals surface area contributed by atoms with E-state index in [0.29, 0.717) is 5.56 Å². The summed E-state index contributed by atoms with van der Waals surface area (Å²) in [6, 6.07) is 13.5. The van der Waals surface area contributed by atoms with Crippen molar-refractivity contribution in [3.63, 3.8) is 0 Å². The molecule has 0 radical (unpaired) electrons. The molecule has 1 aliphatic heterocycles. The molecule has 4 rings (SSSR count). The van der Waals surface area contributed by atoms with E-state index in [2.05, 4.69) is 14.8 Å². The van der Waals surface area contributed by atoms with Gasteiger partial charge in [0.05, 0.1) is 5.56 Å². The average Bonchev–Trinajstić information content (AvgIpc) is 3.02. The minimum Gasteiger partial charge on any atom is -0.454 e. The molecule has 0 amide bonds. The molecule has 0 unspecified atom stereocenters. The van der Waals surface area contributed by atoms with Crippen molar-refractivity contribution in [1.29, 1.82) is 0 Å². The molecule has 0 bridgehead atoms. The predicted octanol–water partition coefficient (Wildman–Crippen LogP) is 3.12. The molecule has 5 heteroatoms. The summed E-state index contributed by atoms with van der Waals surface area (Å²) < 4.78 is 7.55. The number of carbonyl (C=O) groups is 1. The third kappa shape index (κ3) is 2.59. The van der Waals surface area contributed by atoms with Gasteiger partial charge >= 0.3 is 5.97 Å². The Kier molecular flexibility index (Phi) is 3.54. The number of esters is 1. The van der Waals surface area contributed by atoms with Crippen molar-refractivity contribution >= 4 is 16.7 Å². The summed E-state index contributed by atoms with van der Waals surface area (Å²) in [6.45, 7) is 1.07. The minimum atomic E-state index is -0.324. The van der Waals surface area contributed by atoms with Gasteiger partial charge in [-0.05, 0) is 29.7 Å². The van der Waals surface area contributed by atoms with Gasteiger partial charge in [0, 0.05) is 13.0 Å². The van der Waals surface area contributed by atoms with Crippen LogP contribution in [0.2, 0.25) is 0 Å². The van der Waals surface area contributed by atoms with Crippen LogP contribution in [0.1, 0.15) is 34.8 Å². The normalized spacial score (nSPS) is 13.7. The Bertz CT molecular complexity index is 864. The fourth-order valence-corrected chi connectivity index (χ4v) is 3.09. The Balaban J connectivity index is 1.55. The second-order valence-corrected chi connectivity index (χ2v) is 5.74. The van der Waals surface area contributed by atoms with Gasteiger partial charge in [0.2, 0.25) is 0 Å². The summed E-state index contributed by atoms with van der Waals surface area (Å²) >= 11 is 0. The van der Waals surface area contributed by atoms with Gasteiger partial charge in [-0.25, -0.2) is 4.79 Å². The molecular formula is C18H17N3O2. The zero-order chi connectivity index (χ0) is 15.6. The van der Waals surface area contributed by atoms with Crippen LogP contribution in [-0.4, -0.2) is 20.7 Å². The molecule has 0 N–H and O–H groups in total. The maximum atomic E-state index is 12.4. The number of aromatic nitrogens is 3. The number of nitrogens with zero attached hydrogens (tertiary/aromatic N) is 3. The molecule has 0 aliphatic carbocycles. The van der Waals surface area contributed by atoms with Gasteiger partial charge in [-0.2, -0.15) is 0 Å². The van der Waals surface area contributed by atoms with E-state index in [-0.39, 0.29) is 12.6 Å². The first-order valence-electron chi connectivity index (χ1n) is 7.89. The number of carbonyl (C=O) groups excluding carboxylic acids is 1. The smallest absolute Gasteiger partial charge is 0.339 e. The summed E-state index contributed by atoms with van der Waals surface area (Å²) in [6.07, 6.45) is 3.22. The quantitative estimate of drug-likeness (QED) is 0.698. The van der Waals surface area contributed by atoms with Gasteiger partial charge in [-0.1, -0.05) is 36.4 Å². The fourth-order valence-electron chi connectivity index (χ4n) is 3.09. The highest BCUT2D eigenvalue weighted by molar-refractivity contribution is 6.04. The van der Waals surface area contributed by atoms with Gasteiger partial charge in [-0.15, -0.1) is 10.2 Å². The zero-order valence-electron chi connectivity index (χ0n) is 12.7. The first-order valence-corrected chi connectivity index (χ1v) is 7.89. The van der Waals surface area contributed by atoms with E-state index in [1.807, 2.05) is 36.4 Å². The van der Waals surface area contributed by atoms with Crippen molar-refractivity contribution < 1.29 is 9.53 Å². The van der Waals surface area contributed by atoms with E-state index >= 15 is 0 Å². The molecular weight excluding hydrogens is 290 g/mol. The number of benzene rings is 2. The van der Waals surface area contributed by atoms with Crippen molar-refractivity contribution in [3.8, 4) is 0 Å². The topological polar surface area (TPSA) is 57.0 Å². The van der Waals surface area contributed by atoms with Crippen LogP contribution < -0.4 is 0 Å². The average molecular weight is 307 g/mol. The summed E-state index contributed by atoms with van der Waals surface area (Å²) in [5.41, 5.74) is 0.585. The largest absolute Gasteiger partial charge is 0.454 e. The maximum Gasteiger partial charge on any atom is 0.339 e. The lowest BCUT2D eigenvalue weighted by Crippen LogP contribution is -2.15.